The van der Waals surface area contributed by atoms with Crippen LogP contribution >= 0.6 is 0 Å². The van der Waals surface area contributed by atoms with Gasteiger partial charge in [0.05, 0.1) is 6.54 Å². The Morgan fingerprint density at radius 2 is 1.61 bits per heavy atom. The number of aliphatic hydroxyl groups is 1. The van der Waals surface area contributed by atoms with Crippen molar-refractivity contribution < 1.29 is 23.0 Å². The van der Waals surface area contributed by atoms with Crippen LogP contribution < -0.4 is 4.74 Å². The van der Waals surface area contributed by atoms with Crippen molar-refractivity contribution in [3.8, 4) is 5.75 Å². The molecule has 1 aliphatic heterocycles. The molecule has 2 rings (SSSR count). The van der Waals surface area contributed by atoms with E-state index in [-0.39, 0.29) is 19.0 Å². The third-order valence-electron chi connectivity index (χ3n) is 3.80. The van der Waals surface area contributed by atoms with Crippen molar-refractivity contribution in [2.75, 3.05) is 45.9 Å². The van der Waals surface area contributed by atoms with Gasteiger partial charge in [0.25, 0.3) is 6.43 Å². The summed E-state index contributed by atoms with van der Waals surface area (Å²) in [7, 11) is 0. The van der Waals surface area contributed by atoms with E-state index < -0.39 is 12.5 Å². The summed E-state index contributed by atoms with van der Waals surface area (Å²) >= 11 is 0. The van der Waals surface area contributed by atoms with Gasteiger partial charge in [-0.1, -0.05) is 0 Å². The maximum Gasteiger partial charge on any atom is 0.251 e. The fraction of sp³-hybridized carbons (Fsp3) is 0.625. The zero-order valence-electron chi connectivity index (χ0n) is 13.0. The molecule has 1 N–H and O–H groups in total. The second kappa shape index (κ2) is 9.10. The summed E-state index contributed by atoms with van der Waals surface area (Å²) < 4.78 is 43.0. The molecule has 0 amide bonds. The van der Waals surface area contributed by atoms with E-state index >= 15 is 0 Å². The largest absolute Gasteiger partial charge is 0.491 e. The maximum atomic E-state index is 12.8. The van der Waals surface area contributed by atoms with Crippen molar-refractivity contribution >= 4 is 0 Å². The molecule has 1 unspecified atom stereocenters. The van der Waals surface area contributed by atoms with Crippen molar-refractivity contribution in [3.63, 3.8) is 0 Å². The van der Waals surface area contributed by atoms with E-state index in [0.717, 1.165) is 13.0 Å². The lowest BCUT2D eigenvalue weighted by Gasteiger charge is -2.24. The zero-order valence-corrected chi connectivity index (χ0v) is 13.0. The highest BCUT2D eigenvalue weighted by Crippen LogP contribution is 2.12. The fourth-order valence-corrected chi connectivity index (χ4v) is 2.66. The first-order valence-electron chi connectivity index (χ1n) is 7.82. The van der Waals surface area contributed by atoms with Crippen LogP contribution in [-0.2, 0) is 0 Å². The Labute approximate surface area is 134 Å². The SMILES string of the molecule is OC(COc1ccc(F)cc1)CN1CCCN(CC(F)F)CC1. The molecule has 1 aromatic rings. The van der Waals surface area contributed by atoms with Crippen LogP contribution in [0.2, 0.25) is 0 Å². The summed E-state index contributed by atoms with van der Waals surface area (Å²) in [5, 5.41) is 10.0. The molecule has 1 aromatic carbocycles. The number of ether oxygens (including phenoxy) is 1. The summed E-state index contributed by atoms with van der Waals surface area (Å²) in [6, 6.07) is 5.62. The minimum atomic E-state index is -2.31. The van der Waals surface area contributed by atoms with Crippen LogP contribution in [0.15, 0.2) is 24.3 Å². The molecular weight excluding hydrogens is 309 g/mol. The molecule has 0 spiro atoms. The molecule has 1 fully saturated rings. The number of nitrogens with zero attached hydrogens (tertiary/aromatic N) is 2. The number of halogens is 3. The predicted octanol–water partition coefficient (Wildman–Crippen LogP) is 1.84. The predicted molar refractivity (Wildman–Crippen MR) is 81.4 cm³/mol. The summed E-state index contributed by atoms with van der Waals surface area (Å²) in [5.74, 6) is 0.167. The van der Waals surface area contributed by atoms with Crippen molar-refractivity contribution in [2.24, 2.45) is 0 Å². The van der Waals surface area contributed by atoms with Crippen LogP contribution in [-0.4, -0.2) is 73.3 Å². The lowest BCUT2D eigenvalue weighted by Crippen LogP contribution is -2.38. The van der Waals surface area contributed by atoms with Gasteiger partial charge in [-0.25, -0.2) is 13.2 Å². The molecule has 1 saturated heterocycles. The Morgan fingerprint density at radius 3 is 2.22 bits per heavy atom. The number of alkyl halides is 2. The summed E-state index contributed by atoms with van der Waals surface area (Å²) in [6.45, 7) is 3.02. The Bertz CT molecular complexity index is 459. The normalized spacial score (nSPS) is 18.8. The van der Waals surface area contributed by atoms with Gasteiger partial charge >= 0.3 is 0 Å². The van der Waals surface area contributed by atoms with Gasteiger partial charge < -0.3 is 9.84 Å². The van der Waals surface area contributed by atoms with Crippen LogP contribution in [0.5, 0.6) is 5.75 Å². The smallest absolute Gasteiger partial charge is 0.251 e. The van der Waals surface area contributed by atoms with E-state index in [1.165, 1.54) is 24.3 Å². The molecular formula is C16H23F3N2O2. The second-order valence-corrected chi connectivity index (χ2v) is 5.76. The van der Waals surface area contributed by atoms with Gasteiger partial charge in [-0.3, -0.25) is 9.80 Å². The highest BCUT2D eigenvalue weighted by Gasteiger charge is 2.19. The van der Waals surface area contributed by atoms with Gasteiger partial charge in [0.15, 0.2) is 0 Å². The number of benzene rings is 1. The highest BCUT2D eigenvalue weighted by atomic mass is 19.3. The van der Waals surface area contributed by atoms with Gasteiger partial charge in [-0.05, 0) is 43.8 Å². The maximum absolute atomic E-state index is 12.8. The summed E-state index contributed by atoms with van der Waals surface area (Å²) in [4.78, 5) is 3.82. The Kier molecular flexibility index (Phi) is 7.14. The number of hydrogen-bond donors (Lipinski definition) is 1. The molecule has 0 bridgehead atoms. The molecule has 1 aliphatic rings. The first-order valence-corrected chi connectivity index (χ1v) is 7.82. The van der Waals surface area contributed by atoms with Gasteiger partial charge in [0.1, 0.15) is 24.3 Å². The fourth-order valence-electron chi connectivity index (χ4n) is 2.66. The molecule has 1 heterocycles. The average Bonchev–Trinajstić information content (AvgIpc) is 2.71. The zero-order chi connectivity index (χ0) is 16.7. The van der Waals surface area contributed by atoms with Gasteiger partial charge in [0, 0.05) is 19.6 Å². The van der Waals surface area contributed by atoms with E-state index in [1.807, 2.05) is 0 Å². The monoisotopic (exact) mass is 332 g/mol. The van der Waals surface area contributed by atoms with Gasteiger partial charge in [0.2, 0.25) is 0 Å². The molecule has 130 valence electrons. The second-order valence-electron chi connectivity index (χ2n) is 5.76. The minimum absolute atomic E-state index is 0.114. The molecule has 0 radical (unpaired) electrons. The summed E-state index contributed by atoms with van der Waals surface area (Å²) in [5.41, 5.74) is 0. The van der Waals surface area contributed by atoms with Crippen LogP contribution in [0.4, 0.5) is 13.2 Å². The molecule has 4 nitrogen and oxygen atoms in total. The Balaban J connectivity index is 1.70. The Morgan fingerprint density at radius 1 is 1.00 bits per heavy atom. The van der Waals surface area contributed by atoms with Crippen molar-refractivity contribution in [1.29, 1.82) is 0 Å². The molecule has 7 heteroatoms. The lowest BCUT2D eigenvalue weighted by molar-refractivity contribution is 0.0662. The molecule has 0 saturated carbocycles. The van der Waals surface area contributed by atoms with Crippen molar-refractivity contribution in [3.05, 3.63) is 30.1 Å². The first kappa shape index (κ1) is 18.0. The van der Waals surface area contributed by atoms with Gasteiger partial charge in [-0.15, -0.1) is 0 Å². The topological polar surface area (TPSA) is 35.9 Å². The van der Waals surface area contributed by atoms with E-state index in [4.69, 9.17) is 4.74 Å². The van der Waals surface area contributed by atoms with E-state index in [0.29, 0.717) is 31.9 Å². The number of β-amino-alcohol motifs (C(OH)–C–C–N with tert-alkyl or cyclic N) is 1. The quantitative estimate of drug-likeness (QED) is 0.827. The minimum Gasteiger partial charge on any atom is -0.491 e. The molecule has 0 aromatic heterocycles. The van der Waals surface area contributed by atoms with E-state index in [2.05, 4.69) is 4.90 Å². The number of hydrogen-bond acceptors (Lipinski definition) is 4. The van der Waals surface area contributed by atoms with Crippen LogP contribution in [0.3, 0.4) is 0 Å². The Hall–Kier alpha value is -1.31. The van der Waals surface area contributed by atoms with Crippen LogP contribution in [0.1, 0.15) is 6.42 Å². The lowest BCUT2D eigenvalue weighted by atomic mass is 10.3. The average molecular weight is 332 g/mol. The van der Waals surface area contributed by atoms with Gasteiger partial charge in [-0.2, -0.15) is 0 Å². The third-order valence-corrected chi connectivity index (χ3v) is 3.80. The number of rotatable bonds is 7. The third kappa shape index (κ3) is 6.76. The van der Waals surface area contributed by atoms with E-state index in [1.54, 1.807) is 4.90 Å². The molecule has 0 aliphatic carbocycles. The molecule has 23 heavy (non-hydrogen) atoms. The van der Waals surface area contributed by atoms with E-state index in [9.17, 15) is 18.3 Å². The van der Waals surface area contributed by atoms with Crippen LogP contribution in [0.25, 0.3) is 0 Å². The van der Waals surface area contributed by atoms with Crippen molar-refractivity contribution in [1.82, 2.24) is 9.80 Å². The first-order chi connectivity index (χ1) is 11.0. The van der Waals surface area contributed by atoms with Crippen molar-refractivity contribution in [2.45, 2.75) is 19.0 Å². The number of aliphatic hydroxyl groups excluding tert-OH is 1. The van der Waals surface area contributed by atoms with Crippen LogP contribution in [0, 0.1) is 5.82 Å². The standard InChI is InChI=1S/C16H23F3N2O2/c17-13-2-4-15(5-3-13)23-12-14(22)10-20-6-1-7-21(9-8-20)11-16(18)19/h2-5,14,16,22H,1,6-12H2. The molecule has 1 atom stereocenters. The highest BCUT2D eigenvalue weighted by molar-refractivity contribution is 5.22. The summed E-state index contributed by atoms with van der Waals surface area (Å²) in [6.07, 6.45) is -2.18.